The normalized spacial score (nSPS) is 11.5. The predicted octanol–water partition coefficient (Wildman–Crippen LogP) is 2.75. The van der Waals surface area contributed by atoms with Crippen molar-refractivity contribution in [2.24, 2.45) is 0 Å². The number of rotatable bonds is 5. The van der Waals surface area contributed by atoms with Crippen molar-refractivity contribution < 1.29 is 18.0 Å². The summed E-state index contributed by atoms with van der Waals surface area (Å²) in [5.74, 6) is 0.0930. The lowest BCUT2D eigenvalue weighted by atomic mass is 10.2. The van der Waals surface area contributed by atoms with Crippen molar-refractivity contribution in [3.05, 3.63) is 41.6 Å². The second-order valence-electron chi connectivity index (χ2n) is 5.03. The molecular weight excluding hydrogens is 309 g/mol. The Morgan fingerprint density at radius 2 is 2.04 bits per heavy atom. The molecule has 2 aromatic rings. The highest BCUT2D eigenvalue weighted by atomic mass is 19.4. The van der Waals surface area contributed by atoms with Crippen molar-refractivity contribution in [1.29, 1.82) is 0 Å². The molecule has 2 N–H and O–H groups in total. The number of carbonyl (C=O) groups excluding carboxylic acids is 1. The zero-order valence-electron chi connectivity index (χ0n) is 12.7. The van der Waals surface area contributed by atoms with Gasteiger partial charge < -0.3 is 10.6 Å². The monoisotopic (exact) mass is 326 g/mol. The molecule has 23 heavy (non-hydrogen) atoms. The fourth-order valence-corrected chi connectivity index (χ4v) is 2.04. The van der Waals surface area contributed by atoms with E-state index in [-0.39, 0.29) is 18.0 Å². The molecule has 8 heteroatoms. The molecule has 0 aliphatic carbocycles. The molecule has 1 amide bonds. The van der Waals surface area contributed by atoms with Gasteiger partial charge in [-0.05, 0) is 32.2 Å². The minimum absolute atomic E-state index is 0.233. The Morgan fingerprint density at radius 3 is 2.70 bits per heavy atom. The van der Waals surface area contributed by atoms with Crippen LogP contribution in [0.1, 0.15) is 17.7 Å². The SMILES string of the molecule is CNCCC(=O)Nc1cc(C)nn1-c1cccc(C(F)(F)F)c1. The van der Waals surface area contributed by atoms with Crippen molar-refractivity contribution in [3.63, 3.8) is 0 Å². The first-order valence-electron chi connectivity index (χ1n) is 7.00. The van der Waals surface area contributed by atoms with Crippen LogP contribution in [-0.2, 0) is 11.0 Å². The van der Waals surface area contributed by atoms with Gasteiger partial charge in [-0.2, -0.15) is 18.3 Å². The largest absolute Gasteiger partial charge is 0.416 e. The second kappa shape index (κ2) is 6.82. The molecule has 0 aliphatic heterocycles. The fraction of sp³-hybridized carbons (Fsp3) is 0.333. The maximum atomic E-state index is 12.8. The van der Waals surface area contributed by atoms with Gasteiger partial charge in [0.25, 0.3) is 0 Å². The van der Waals surface area contributed by atoms with Crippen LogP contribution >= 0.6 is 0 Å². The molecule has 1 aromatic heterocycles. The van der Waals surface area contributed by atoms with E-state index >= 15 is 0 Å². The van der Waals surface area contributed by atoms with Crippen LogP contribution in [-0.4, -0.2) is 29.3 Å². The van der Waals surface area contributed by atoms with E-state index in [1.165, 1.54) is 16.8 Å². The molecule has 124 valence electrons. The molecule has 0 aliphatic rings. The number of hydrogen-bond donors (Lipinski definition) is 2. The van der Waals surface area contributed by atoms with Crippen molar-refractivity contribution in [2.75, 3.05) is 18.9 Å². The van der Waals surface area contributed by atoms with E-state index in [1.807, 2.05) is 0 Å². The summed E-state index contributed by atoms with van der Waals surface area (Å²) in [5, 5.41) is 9.67. The van der Waals surface area contributed by atoms with Crippen LogP contribution in [0.3, 0.4) is 0 Å². The minimum atomic E-state index is -4.44. The number of hydrogen-bond acceptors (Lipinski definition) is 3. The van der Waals surface area contributed by atoms with Crippen LogP contribution in [0.25, 0.3) is 5.69 Å². The molecule has 0 unspecified atom stereocenters. The van der Waals surface area contributed by atoms with Crippen LogP contribution in [0, 0.1) is 6.92 Å². The Kier molecular flexibility index (Phi) is 5.05. The van der Waals surface area contributed by atoms with Crippen LogP contribution in [0.5, 0.6) is 0 Å². The molecule has 2 rings (SSSR count). The molecule has 1 heterocycles. The Hall–Kier alpha value is -2.35. The summed E-state index contributed by atoms with van der Waals surface area (Å²) >= 11 is 0. The lowest BCUT2D eigenvalue weighted by Gasteiger charge is -2.11. The molecule has 0 radical (unpaired) electrons. The van der Waals surface area contributed by atoms with Crippen molar-refractivity contribution in [2.45, 2.75) is 19.5 Å². The van der Waals surface area contributed by atoms with Gasteiger partial charge in [-0.3, -0.25) is 4.79 Å². The summed E-state index contributed by atoms with van der Waals surface area (Å²) in [4.78, 5) is 11.8. The Labute approximate surface area is 131 Å². The second-order valence-corrected chi connectivity index (χ2v) is 5.03. The van der Waals surface area contributed by atoms with E-state index in [4.69, 9.17) is 0 Å². The van der Waals surface area contributed by atoms with E-state index in [9.17, 15) is 18.0 Å². The number of alkyl halides is 3. The van der Waals surface area contributed by atoms with Crippen LogP contribution in [0.2, 0.25) is 0 Å². The number of nitrogens with one attached hydrogen (secondary N) is 2. The van der Waals surface area contributed by atoms with Gasteiger partial charge in [0, 0.05) is 19.0 Å². The van der Waals surface area contributed by atoms with E-state index in [2.05, 4.69) is 15.7 Å². The molecule has 0 spiro atoms. The number of benzene rings is 1. The summed E-state index contributed by atoms with van der Waals surface area (Å²) in [6.07, 6.45) is -4.18. The lowest BCUT2D eigenvalue weighted by Crippen LogP contribution is -2.20. The third-order valence-electron chi connectivity index (χ3n) is 3.12. The molecule has 0 atom stereocenters. The molecule has 1 aromatic carbocycles. The average Bonchev–Trinajstić information content (AvgIpc) is 2.85. The van der Waals surface area contributed by atoms with E-state index in [0.717, 1.165) is 12.1 Å². The van der Waals surface area contributed by atoms with Gasteiger partial charge in [-0.1, -0.05) is 6.07 Å². The first-order valence-corrected chi connectivity index (χ1v) is 7.00. The summed E-state index contributed by atoms with van der Waals surface area (Å²) in [7, 11) is 1.73. The van der Waals surface area contributed by atoms with Gasteiger partial charge in [0.1, 0.15) is 5.82 Å². The molecule has 0 saturated heterocycles. The Balaban J connectivity index is 2.32. The van der Waals surface area contributed by atoms with Crippen LogP contribution in [0.4, 0.5) is 19.0 Å². The molecule has 5 nitrogen and oxygen atoms in total. The number of aromatic nitrogens is 2. The first kappa shape index (κ1) is 17.0. The molecular formula is C15H17F3N4O. The van der Waals surface area contributed by atoms with Crippen molar-refractivity contribution in [1.82, 2.24) is 15.1 Å². The zero-order valence-corrected chi connectivity index (χ0v) is 12.7. The summed E-state index contributed by atoms with van der Waals surface area (Å²) in [5.41, 5.74) is 0.0544. The minimum Gasteiger partial charge on any atom is -0.319 e. The third-order valence-corrected chi connectivity index (χ3v) is 3.12. The van der Waals surface area contributed by atoms with Gasteiger partial charge >= 0.3 is 6.18 Å². The van der Waals surface area contributed by atoms with E-state index in [0.29, 0.717) is 18.1 Å². The number of anilines is 1. The van der Waals surface area contributed by atoms with Gasteiger partial charge in [-0.25, -0.2) is 4.68 Å². The van der Waals surface area contributed by atoms with Crippen LogP contribution in [0.15, 0.2) is 30.3 Å². The Morgan fingerprint density at radius 1 is 1.30 bits per heavy atom. The van der Waals surface area contributed by atoms with Crippen molar-refractivity contribution >= 4 is 11.7 Å². The Bertz CT molecular complexity index is 694. The van der Waals surface area contributed by atoms with E-state index < -0.39 is 11.7 Å². The van der Waals surface area contributed by atoms with E-state index in [1.54, 1.807) is 20.0 Å². The predicted molar refractivity (Wildman–Crippen MR) is 80.5 cm³/mol. The van der Waals surface area contributed by atoms with Crippen molar-refractivity contribution in [3.8, 4) is 5.69 Å². The maximum absolute atomic E-state index is 12.8. The highest BCUT2D eigenvalue weighted by Crippen LogP contribution is 2.30. The maximum Gasteiger partial charge on any atom is 0.416 e. The number of aryl methyl sites for hydroxylation is 1. The number of carbonyl (C=O) groups is 1. The van der Waals surface area contributed by atoms with Gasteiger partial charge in [0.2, 0.25) is 5.91 Å². The standard InChI is InChI=1S/C15H17F3N4O/c1-10-8-13(20-14(23)6-7-19-2)22(21-10)12-5-3-4-11(9-12)15(16,17)18/h3-5,8-9,19H,6-7H2,1-2H3,(H,20,23). The smallest absolute Gasteiger partial charge is 0.319 e. The number of halogens is 3. The van der Waals surface area contributed by atoms with Gasteiger partial charge in [0.05, 0.1) is 16.9 Å². The van der Waals surface area contributed by atoms with Gasteiger partial charge in [-0.15, -0.1) is 0 Å². The van der Waals surface area contributed by atoms with Crippen LogP contribution < -0.4 is 10.6 Å². The first-order chi connectivity index (χ1) is 10.8. The summed E-state index contributed by atoms with van der Waals surface area (Å²) in [6.45, 7) is 2.20. The number of nitrogens with zero attached hydrogens (tertiary/aromatic N) is 2. The van der Waals surface area contributed by atoms with Gasteiger partial charge in [0.15, 0.2) is 0 Å². The number of amides is 1. The molecule has 0 fully saturated rings. The highest BCUT2D eigenvalue weighted by Gasteiger charge is 2.30. The third kappa shape index (κ3) is 4.32. The fourth-order valence-electron chi connectivity index (χ4n) is 2.04. The molecule has 0 saturated carbocycles. The average molecular weight is 326 g/mol. The molecule has 0 bridgehead atoms. The quantitative estimate of drug-likeness (QED) is 0.888. The zero-order chi connectivity index (χ0) is 17.0. The summed E-state index contributed by atoms with van der Waals surface area (Å²) in [6, 6.07) is 6.41. The topological polar surface area (TPSA) is 59.0 Å². The highest BCUT2D eigenvalue weighted by molar-refractivity contribution is 5.90. The lowest BCUT2D eigenvalue weighted by molar-refractivity contribution is -0.137. The summed E-state index contributed by atoms with van der Waals surface area (Å²) < 4.78 is 39.8.